The summed E-state index contributed by atoms with van der Waals surface area (Å²) >= 11 is 7.99. The van der Waals surface area contributed by atoms with Crippen LogP contribution < -0.4 is 9.44 Å². The first-order chi connectivity index (χ1) is 27.3. The van der Waals surface area contributed by atoms with Gasteiger partial charge in [-0.05, 0) is 131 Å². The fourth-order valence-corrected chi connectivity index (χ4v) is 12.1. The molecule has 0 aliphatic heterocycles. The van der Waals surface area contributed by atoms with Crippen molar-refractivity contribution in [2.45, 2.75) is 137 Å². The fraction of sp³-hybridized carbons (Fsp3) is 0.476. The van der Waals surface area contributed by atoms with Crippen LogP contribution in [0, 0.1) is 11.6 Å². The van der Waals surface area contributed by atoms with Gasteiger partial charge < -0.3 is 10.2 Å². The van der Waals surface area contributed by atoms with Gasteiger partial charge >= 0.3 is 0 Å². The molecule has 59 heavy (non-hydrogen) atoms. The van der Waals surface area contributed by atoms with Crippen molar-refractivity contribution in [3.05, 3.63) is 102 Å². The maximum Gasteiger partial charge on any atom is 0.273 e. The third-order valence-electron chi connectivity index (χ3n) is 10.8. The molecule has 5 rings (SSSR count). The topological polar surface area (TPSA) is 167 Å². The van der Waals surface area contributed by atoms with Crippen molar-refractivity contribution in [3.63, 3.8) is 0 Å². The minimum atomic E-state index is -4.39. The van der Waals surface area contributed by atoms with Gasteiger partial charge in [-0.25, -0.2) is 35.1 Å². The zero-order valence-electron chi connectivity index (χ0n) is 34.2. The quantitative estimate of drug-likeness (QED) is 0.0762. The summed E-state index contributed by atoms with van der Waals surface area (Å²) in [4.78, 5) is 26.9. The van der Waals surface area contributed by atoms with Crippen molar-refractivity contribution in [3.8, 4) is 0 Å². The van der Waals surface area contributed by atoms with E-state index in [-0.39, 0.29) is 43.4 Å². The number of hydrogen-bond donors (Lipinski definition) is 4. The molecular formula is C42H51ClF2N2O8S4. The largest absolute Gasteiger partial charge is 0.386 e. The molecule has 1 saturated carbocycles. The number of amides is 2. The minimum absolute atomic E-state index is 0.000128. The van der Waals surface area contributed by atoms with Crippen molar-refractivity contribution >= 4 is 66.1 Å². The number of carbonyl (C=O) groups excluding carboxylic acids is 2. The van der Waals surface area contributed by atoms with E-state index in [9.17, 15) is 36.6 Å². The van der Waals surface area contributed by atoms with E-state index in [1.54, 1.807) is 26.2 Å². The van der Waals surface area contributed by atoms with Crippen LogP contribution in [0.4, 0.5) is 8.78 Å². The molecule has 4 aromatic rings. The number of aliphatic hydroxyl groups is 2. The lowest BCUT2D eigenvalue weighted by Crippen LogP contribution is -2.32. The lowest BCUT2D eigenvalue weighted by Gasteiger charge is -2.26. The fourth-order valence-electron chi connectivity index (χ4n) is 7.36. The highest BCUT2D eigenvalue weighted by Gasteiger charge is 2.43. The van der Waals surface area contributed by atoms with Crippen molar-refractivity contribution in [2.24, 2.45) is 0 Å². The SMILES string of the molecule is CC(C)c1cccc(C(C)CCC(C)c2c(F)c(Cl)c(F)c(C(C)C)c2CC(=O)NS(=O)(=O)c2cc(C(C)(C)O)cs2)c1CC(=O)NS(=O)(=O)c1cc(C2(O)CC2)cs1. The molecule has 0 spiro atoms. The van der Waals surface area contributed by atoms with Crippen LogP contribution >= 0.6 is 34.3 Å². The predicted octanol–water partition coefficient (Wildman–Crippen LogP) is 8.98. The Bertz CT molecular complexity index is 2470. The average molecular weight is 914 g/mol. The van der Waals surface area contributed by atoms with Gasteiger partial charge in [0.1, 0.15) is 25.1 Å². The molecule has 2 atom stereocenters. The summed E-state index contributed by atoms with van der Waals surface area (Å²) in [5, 5.41) is 23.0. The monoisotopic (exact) mass is 912 g/mol. The number of nitrogens with one attached hydrogen (secondary N) is 2. The highest BCUT2D eigenvalue weighted by atomic mass is 35.5. The van der Waals surface area contributed by atoms with Gasteiger partial charge in [0, 0.05) is 0 Å². The van der Waals surface area contributed by atoms with Crippen LogP contribution in [0.15, 0.2) is 49.5 Å². The van der Waals surface area contributed by atoms with Crippen molar-refractivity contribution < 1.29 is 45.4 Å². The van der Waals surface area contributed by atoms with E-state index in [1.165, 1.54) is 31.4 Å². The molecule has 0 saturated heterocycles. The second-order valence-corrected chi connectivity index (χ2v) is 22.7. The Labute approximate surface area is 358 Å². The molecule has 0 radical (unpaired) electrons. The Kier molecular flexibility index (Phi) is 14.0. The summed E-state index contributed by atoms with van der Waals surface area (Å²) < 4.78 is 88.6. The van der Waals surface area contributed by atoms with Crippen LogP contribution in [0.2, 0.25) is 5.02 Å². The summed E-state index contributed by atoms with van der Waals surface area (Å²) in [5.74, 6) is -5.29. The van der Waals surface area contributed by atoms with E-state index >= 15 is 8.78 Å². The van der Waals surface area contributed by atoms with Crippen LogP contribution in [0.1, 0.15) is 149 Å². The normalized spacial score (nSPS) is 15.4. The minimum Gasteiger partial charge on any atom is -0.386 e. The van der Waals surface area contributed by atoms with Gasteiger partial charge in [0.15, 0.2) is 0 Å². The first-order valence-electron chi connectivity index (χ1n) is 19.3. The predicted molar refractivity (Wildman–Crippen MR) is 227 cm³/mol. The van der Waals surface area contributed by atoms with Gasteiger partial charge in [-0.1, -0.05) is 71.3 Å². The summed E-state index contributed by atoms with van der Waals surface area (Å²) in [6, 6.07) is 8.26. The van der Waals surface area contributed by atoms with Gasteiger partial charge in [0.25, 0.3) is 20.0 Å². The second kappa shape index (κ2) is 17.6. The molecule has 2 unspecified atom stereocenters. The molecule has 0 bridgehead atoms. The molecule has 10 nitrogen and oxygen atoms in total. The van der Waals surface area contributed by atoms with E-state index < -0.39 is 78.0 Å². The zero-order chi connectivity index (χ0) is 44.0. The molecule has 2 amide bonds. The van der Waals surface area contributed by atoms with E-state index in [2.05, 4.69) is 4.72 Å². The molecule has 4 N–H and O–H groups in total. The molecule has 1 fully saturated rings. The van der Waals surface area contributed by atoms with Gasteiger partial charge in [-0.15, -0.1) is 22.7 Å². The highest BCUT2D eigenvalue weighted by molar-refractivity contribution is 7.92. The standard InChI is InChI=1S/C42H51ClF2N2O8S4/c1-22(2)28-10-9-11-29(30(28)18-32(48)46-59(54,55)35-17-27(21-57-35)42(51)14-15-42)24(5)12-13-25(6)37-31(36(23(3)4)39(44)38(43)40(37)45)19-33(49)47-58(52,53)34-16-26(20-56-34)41(7,8)50/h9-11,16-17,20-25,50-51H,12-15,18-19H2,1-8H3,(H,46,48)(H,47,49). The third kappa shape index (κ3) is 10.4. The van der Waals surface area contributed by atoms with Crippen LogP contribution in [-0.2, 0) is 53.7 Å². The number of rotatable bonds is 17. The molecular weight excluding hydrogens is 862 g/mol. The second-order valence-electron chi connectivity index (χ2n) is 16.7. The number of thiophene rings is 2. The Balaban J connectivity index is 1.39. The number of sulfonamides is 2. The molecule has 1 aliphatic carbocycles. The third-order valence-corrected chi connectivity index (χ3v) is 16.8. The Hall–Kier alpha value is -3.25. The highest BCUT2D eigenvalue weighted by Crippen LogP contribution is 2.47. The molecule has 322 valence electrons. The maximum atomic E-state index is 16.2. The number of hydrogen-bond acceptors (Lipinski definition) is 10. The summed E-state index contributed by atoms with van der Waals surface area (Å²) in [7, 11) is -8.60. The van der Waals surface area contributed by atoms with E-state index in [0.717, 1.165) is 33.8 Å². The molecule has 1 aliphatic rings. The van der Waals surface area contributed by atoms with Gasteiger partial charge in [0.2, 0.25) is 11.8 Å². The Morgan fingerprint density at radius 1 is 0.797 bits per heavy atom. The average Bonchev–Trinajstić information content (AvgIpc) is 3.48. The van der Waals surface area contributed by atoms with Crippen molar-refractivity contribution in [2.75, 3.05) is 0 Å². The molecule has 2 aromatic heterocycles. The maximum absolute atomic E-state index is 16.2. The van der Waals surface area contributed by atoms with Crippen molar-refractivity contribution in [1.82, 2.24) is 9.44 Å². The van der Waals surface area contributed by atoms with Crippen LogP contribution in [0.3, 0.4) is 0 Å². The summed E-state index contributed by atoms with van der Waals surface area (Å²) in [5.41, 5.74) is 0.783. The number of carbonyl (C=O) groups is 2. The van der Waals surface area contributed by atoms with Crippen LogP contribution in [0.25, 0.3) is 0 Å². The molecule has 2 heterocycles. The van der Waals surface area contributed by atoms with Gasteiger partial charge in [-0.2, -0.15) is 0 Å². The zero-order valence-corrected chi connectivity index (χ0v) is 38.2. The van der Waals surface area contributed by atoms with Gasteiger partial charge in [-0.3, -0.25) is 9.59 Å². The smallest absolute Gasteiger partial charge is 0.273 e. The molecule has 2 aromatic carbocycles. The summed E-state index contributed by atoms with van der Waals surface area (Å²) in [6.07, 6.45) is 0.907. The van der Waals surface area contributed by atoms with Crippen LogP contribution in [0.5, 0.6) is 0 Å². The van der Waals surface area contributed by atoms with Crippen LogP contribution in [-0.4, -0.2) is 38.9 Å². The lowest BCUT2D eigenvalue weighted by molar-refractivity contribution is -0.119. The summed E-state index contributed by atoms with van der Waals surface area (Å²) in [6.45, 7) is 13.9. The van der Waals surface area contributed by atoms with Crippen molar-refractivity contribution in [1.29, 1.82) is 0 Å². The number of halogens is 3. The van der Waals surface area contributed by atoms with E-state index in [0.29, 0.717) is 42.4 Å². The van der Waals surface area contributed by atoms with E-state index in [4.69, 9.17) is 11.6 Å². The lowest BCUT2D eigenvalue weighted by atomic mass is 9.80. The van der Waals surface area contributed by atoms with E-state index in [1.807, 2.05) is 43.7 Å². The number of benzene rings is 2. The molecule has 17 heteroatoms. The first-order valence-corrected chi connectivity index (χ1v) is 24.4. The Morgan fingerprint density at radius 2 is 1.31 bits per heavy atom. The first kappa shape index (κ1) is 46.8. The Morgan fingerprint density at radius 3 is 1.83 bits per heavy atom. The van der Waals surface area contributed by atoms with Gasteiger partial charge in [0.05, 0.1) is 24.0 Å².